The highest BCUT2D eigenvalue weighted by Gasteiger charge is 2.27. The van der Waals surface area contributed by atoms with Gasteiger partial charge in [-0.2, -0.15) is 0 Å². The Hall–Kier alpha value is -2.10. The molecule has 2 aromatic carbocycles. The zero-order chi connectivity index (χ0) is 17.1. The molecule has 0 saturated carbocycles. The number of fused-ring (bicyclic) bond motifs is 1. The molecule has 0 aromatic heterocycles. The average Bonchev–Trinajstić information content (AvgIpc) is 3.01. The summed E-state index contributed by atoms with van der Waals surface area (Å²) in [6.07, 6.45) is 3.06. The van der Waals surface area contributed by atoms with Crippen LogP contribution in [0.3, 0.4) is 0 Å². The fourth-order valence-corrected chi connectivity index (χ4v) is 3.38. The summed E-state index contributed by atoms with van der Waals surface area (Å²) in [4.78, 5) is 14.5. The molecular formula is C20H21ClN2O. The molecule has 3 rings (SSSR count). The van der Waals surface area contributed by atoms with Gasteiger partial charge in [0.05, 0.1) is 6.04 Å². The average molecular weight is 341 g/mol. The number of hydrogen-bond donors (Lipinski definition) is 1. The summed E-state index contributed by atoms with van der Waals surface area (Å²) in [6, 6.07) is 13.4. The first kappa shape index (κ1) is 16.7. The molecule has 1 aliphatic heterocycles. The molecule has 0 saturated heterocycles. The topological polar surface area (TPSA) is 46.3 Å². The van der Waals surface area contributed by atoms with Crippen LogP contribution in [0.15, 0.2) is 55.1 Å². The van der Waals surface area contributed by atoms with Crippen molar-refractivity contribution in [3.63, 3.8) is 0 Å². The highest BCUT2D eigenvalue weighted by Crippen LogP contribution is 2.24. The number of benzene rings is 2. The van der Waals surface area contributed by atoms with Crippen molar-refractivity contribution < 1.29 is 4.79 Å². The summed E-state index contributed by atoms with van der Waals surface area (Å²) in [5, 5.41) is 0.655. The van der Waals surface area contributed by atoms with E-state index >= 15 is 0 Å². The molecule has 4 heteroatoms. The number of halogens is 1. The molecule has 0 aliphatic carbocycles. The Morgan fingerprint density at radius 1 is 1.25 bits per heavy atom. The molecule has 1 amide bonds. The number of amides is 1. The van der Waals surface area contributed by atoms with Crippen LogP contribution in [0.25, 0.3) is 0 Å². The third-order valence-corrected chi connectivity index (χ3v) is 4.76. The van der Waals surface area contributed by atoms with Gasteiger partial charge in [-0.05, 0) is 41.2 Å². The van der Waals surface area contributed by atoms with Gasteiger partial charge in [0.15, 0.2) is 0 Å². The minimum atomic E-state index is -0.581. The Morgan fingerprint density at radius 2 is 1.92 bits per heavy atom. The van der Waals surface area contributed by atoms with Gasteiger partial charge in [0.1, 0.15) is 0 Å². The highest BCUT2D eigenvalue weighted by molar-refractivity contribution is 6.31. The second kappa shape index (κ2) is 7.20. The molecule has 3 nitrogen and oxygen atoms in total. The normalized spacial score (nSPS) is 14.3. The van der Waals surface area contributed by atoms with Crippen molar-refractivity contribution in [3.8, 4) is 0 Å². The van der Waals surface area contributed by atoms with E-state index in [0.29, 0.717) is 24.5 Å². The second-order valence-corrected chi connectivity index (χ2v) is 6.60. The zero-order valence-corrected chi connectivity index (χ0v) is 14.3. The highest BCUT2D eigenvalue weighted by atomic mass is 35.5. The molecular weight excluding hydrogens is 320 g/mol. The first-order chi connectivity index (χ1) is 11.6. The monoisotopic (exact) mass is 340 g/mol. The maximum Gasteiger partial charge on any atom is 0.240 e. The first-order valence-electron chi connectivity index (χ1n) is 8.08. The summed E-state index contributed by atoms with van der Waals surface area (Å²) >= 11 is 6.33. The Kier molecular flexibility index (Phi) is 5.03. The number of carbonyl (C=O) groups excluding carboxylic acids is 1. The van der Waals surface area contributed by atoms with Gasteiger partial charge in [0.2, 0.25) is 5.91 Å². The van der Waals surface area contributed by atoms with Gasteiger partial charge < -0.3 is 10.6 Å². The molecule has 24 heavy (non-hydrogen) atoms. The van der Waals surface area contributed by atoms with E-state index in [1.165, 1.54) is 11.1 Å². The summed E-state index contributed by atoms with van der Waals surface area (Å²) in [6.45, 7) is 4.99. The fraction of sp³-hybridized carbons (Fsp3) is 0.250. The summed E-state index contributed by atoms with van der Waals surface area (Å²) in [5.41, 5.74) is 10.6. The fourth-order valence-electron chi connectivity index (χ4n) is 3.10. The van der Waals surface area contributed by atoms with E-state index in [-0.39, 0.29) is 5.91 Å². The van der Waals surface area contributed by atoms with Gasteiger partial charge in [-0.25, -0.2) is 0 Å². The Bertz CT molecular complexity index is 747. The van der Waals surface area contributed by atoms with E-state index in [1.807, 2.05) is 41.3 Å². The van der Waals surface area contributed by atoms with Crippen LogP contribution >= 0.6 is 11.6 Å². The van der Waals surface area contributed by atoms with Gasteiger partial charge in [0.25, 0.3) is 0 Å². The quantitative estimate of drug-likeness (QED) is 0.847. The number of nitrogens with two attached hydrogens (primary N) is 1. The standard InChI is InChI=1S/C20H21ClN2O/c1-2-5-14-8-9-15(18(21)10-14)11-19(22)20(24)23-12-16-6-3-4-7-17(16)13-23/h2-4,6-10,19H,1,5,11-13,22H2. The van der Waals surface area contributed by atoms with Crippen LogP contribution in [-0.2, 0) is 30.7 Å². The molecule has 0 spiro atoms. The Labute approximate surface area is 147 Å². The minimum absolute atomic E-state index is 0.0302. The van der Waals surface area contributed by atoms with Crippen molar-refractivity contribution in [1.82, 2.24) is 4.90 Å². The van der Waals surface area contributed by atoms with Crippen LogP contribution in [0.1, 0.15) is 22.3 Å². The number of nitrogens with zero attached hydrogens (tertiary/aromatic N) is 1. The second-order valence-electron chi connectivity index (χ2n) is 6.19. The van der Waals surface area contributed by atoms with E-state index in [0.717, 1.165) is 17.5 Å². The summed E-state index contributed by atoms with van der Waals surface area (Å²) in [7, 11) is 0. The van der Waals surface area contributed by atoms with Crippen molar-refractivity contribution in [3.05, 3.63) is 82.4 Å². The van der Waals surface area contributed by atoms with Crippen molar-refractivity contribution in [2.75, 3.05) is 0 Å². The Balaban J connectivity index is 1.66. The van der Waals surface area contributed by atoms with Gasteiger partial charge in [-0.1, -0.05) is 54.1 Å². The van der Waals surface area contributed by atoms with Crippen LogP contribution < -0.4 is 5.73 Å². The van der Waals surface area contributed by atoms with Crippen LogP contribution in [0.4, 0.5) is 0 Å². The number of hydrogen-bond acceptors (Lipinski definition) is 2. The number of allylic oxidation sites excluding steroid dienone is 1. The van der Waals surface area contributed by atoms with Gasteiger partial charge in [-0.15, -0.1) is 6.58 Å². The first-order valence-corrected chi connectivity index (χ1v) is 8.45. The third kappa shape index (κ3) is 3.53. The predicted molar refractivity (Wildman–Crippen MR) is 97.7 cm³/mol. The third-order valence-electron chi connectivity index (χ3n) is 4.41. The van der Waals surface area contributed by atoms with Crippen molar-refractivity contribution in [2.45, 2.75) is 32.0 Å². The SMILES string of the molecule is C=CCc1ccc(CC(N)C(=O)N2Cc3ccccc3C2)c(Cl)c1. The summed E-state index contributed by atoms with van der Waals surface area (Å²) < 4.78 is 0. The summed E-state index contributed by atoms with van der Waals surface area (Å²) in [5.74, 6) is -0.0302. The predicted octanol–water partition coefficient (Wildman–Crippen LogP) is 3.48. The van der Waals surface area contributed by atoms with Crippen LogP contribution in [0.2, 0.25) is 5.02 Å². The molecule has 0 radical (unpaired) electrons. The largest absolute Gasteiger partial charge is 0.333 e. The molecule has 0 bridgehead atoms. The minimum Gasteiger partial charge on any atom is -0.333 e. The van der Waals surface area contributed by atoms with E-state index in [9.17, 15) is 4.79 Å². The van der Waals surface area contributed by atoms with Crippen molar-refractivity contribution in [1.29, 1.82) is 0 Å². The lowest BCUT2D eigenvalue weighted by molar-refractivity contribution is -0.133. The van der Waals surface area contributed by atoms with Crippen LogP contribution in [0, 0.1) is 0 Å². The van der Waals surface area contributed by atoms with Crippen LogP contribution in [-0.4, -0.2) is 16.8 Å². The van der Waals surface area contributed by atoms with E-state index < -0.39 is 6.04 Å². The zero-order valence-electron chi connectivity index (χ0n) is 13.5. The molecule has 2 N–H and O–H groups in total. The maximum absolute atomic E-state index is 12.6. The number of carbonyl (C=O) groups is 1. The maximum atomic E-state index is 12.6. The molecule has 124 valence electrons. The van der Waals surface area contributed by atoms with Crippen molar-refractivity contribution in [2.24, 2.45) is 5.73 Å². The van der Waals surface area contributed by atoms with Crippen molar-refractivity contribution >= 4 is 17.5 Å². The lowest BCUT2D eigenvalue weighted by Crippen LogP contribution is -2.42. The molecule has 1 aliphatic rings. The van der Waals surface area contributed by atoms with E-state index in [1.54, 1.807) is 0 Å². The molecule has 1 unspecified atom stereocenters. The van der Waals surface area contributed by atoms with E-state index in [4.69, 9.17) is 17.3 Å². The molecule has 1 heterocycles. The van der Waals surface area contributed by atoms with Gasteiger partial charge in [-0.3, -0.25) is 4.79 Å². The molecule has 2 aromatic rings. The Morgan fingerprint density at radius 3 is 2.50 bits per heavy atom. The molecule has 0 fully saturated rings. The lowest BCUT2D eigenvalue weighted by Gasteiger charge is -2.21. The van der Waals surface area contributed by atoms with Gasteiger partial charge in [0, 0.05) is 18.1 Å². The molecule has 1 atom stereocenters. The smallest absolute Gasteiger partial charge is 0.240 e. The van der Waals surface area contributed by atoms with Gasteiger partial charge >= 0.3 is 0 Å². The lowest BCUT2D eigenvalue weighted by atomic mass is 10.0. The number of rotatable bonds is 5. The van der Waals surface area contributed by atoms with E-state index in [2.05, 4.69) is 18.7 Å². The van der Waals surface area contributed by atoms with Crippen LogP contribution in [0.5, 0.6) is 0 Å².